The van der Waals surface area contributed by atoms with Gasteiger partial charge in [0.15, 0.2) is 11.5 Å². The molecule has 0 radical (unpaired) electrons. The maximum atomic E-state index is 13.5. The highest BCUT2D eigenvalue weighted by Crippen LogP contribution is 2.36. The van der Waals surface area contributed by atoms with Crippen molar-refractivity contribution in [3.63, 3.8) is 0 Å². The van der Waals surface area contributed by atoms with Gasteiger partial charge in [0.1, 0.15) is 5.70 Å². The van der Waals surface area contributed by atoms with Gasteiger partial charge in [-0.25, -0.2) is 4.90 Å². The first-order valence-corrected chi connectivity index (χ1v) is 11.0. The molecule has 0 spiro atoms. The summed E-state index contributed by atoms with van der Waals surface area (Å²) in [5.41, 5.74) is 2.14. The summed E-state index contributed by atoms with van der Waals surface area (Å²) in [6.45, 7) is 4.74. The molecule has 1 N–H and O–H groups in total. The summed E-state index contributed by atoms with van der Waals surface area (Å²) in [5.74, 6) is 0.307. The number of carbonyl (C=O) groups is 2. The van der Waals surface area contributed by atoms with Crippen molar-refractivity contribution in [2.24, 2.45) is 0 Å². The van der Waals surface area contributed by atoms with Gasteiger partial charge in [-0.2, -0.15) is 0 Å². The van der Waals surface area contributed by atoms with E-state index in [1.165, 1.54) is 4.90 Å². The maximum absolute atomic E-state index is 13.5. The Balaban J connectivity index is 1.78. The van der Waals surface area contributed by atoms with Crippen LogP contribution in [-0.4, -0.2) is 25.0 Å². The number of imide groups is 1. The predicted octanol–water partition coefficient (Wildman–Crippen LogP) is 5.53. The quantitative estimate of drug-likeness (QED) is 0.445. The van der Waals surface area contributed by atoms with Crippen LogP contribution < -0.4 is 19.7 Å². The highest BCUT2D eigenvalue weighted by molar-refractivity contribution is 6.46. The number of nitrogens with one attached hydrogen (secondary N) is 1. The van der Waals surface area contributed by atoms with Crippen LogP contribution in [-0.2, 0) is 9.59 Å². The summed E-state index contributed by atoms with van der Waals surface area (Å²) in [4.78, 5) is 28.1. The van der Waals surface area contributed by atoms with Crippen LogP contribution in [0.3, 0.4) is 0 Å². The third kappa shape index (κ3) is 4.56. The van der Waals surface area contributed by atoms with Gasteiger partial charge in [0.05, 0.1) is 24.5 Å². The zero-order chi connectivity index (χ0) is 23.4. The number of amides is 2. The van der Waals surface area contributed by atoms with Gasteiger partial charge >= 0.3 is 0 Å². The number of hydrogen-bond acceptors (Lipinski definition) is 5. The molecular weight excluding hydrogens is 440 g/mol. The van der Waals surface area contributed by atoms with Crippen molar-refractivity contribution in [1.29, 1.82) is 0 Å². The van der Waals surface area contributed by atoms with E-state index in [-0.39, 0.29) is 11.3 Å². The van der Waals surface area contributed by atoms with E-state index in [0.29, 0.717) is 46.7 Å². The van der Waals surface area contributed by atoms with Crippen LogP contribution in [0.2, 0.25) is 5.02 Å². The fourth-order valence-electron chi connectivity index (χ4n) is 3.61. The molecular formula is C26H23ClN2O4. The van der Waals surface area contributed by atoms with E-state index in [2.05, 4.69) is 5.32 Å². The van der Waals surface area contributed by atoms with Crippen LogP contribution >= 0.6 is 11.6 Å². The van der Waals surface area contributed by atoms with Gasteiger partial charge in [0.2, 0.25) is 0 Å². The average molecular weight is 463 g/mol. The zero-order valence-corrected chi connectivity index (χ0v) is 19.1. The van der Waals surface area contributed by atoms with Gasteiger partial charge in [0.25, 0.3) is 11.8 Å². The molecule has 3 aromatic carbocycles. The van der Waals surface area contributed by atoms with Crippen LogP contribution in [0.5, 0.6) is 11.5 Å². The van der Waals surface area contributed by atoms with Crippen LogP contribution in [0.15, 0.2) is 78.5 Å². The molecule has 0 bridgehead atoms. The number of rotatable bonds is 8. The van der Waals surface area contributed by atoms with Crippen molar-refractivity contribution in [3.8, 4) is 11.5 Å². The van der Waals surface area contributed by atoms with Gasteiger partial charge < -0.3 is 14.8 Å². The van der Waals surface area contributed by atoms with Crippen LogP contribution in [0.25, 0.3) is 5.57 Å². The molecule has 0 saturated heterocycles. The van der Waals surface area contributed by atoms with Crippen molar-refractivity contribution in [2.75, 3.05) is 23.4 Å². The summed E-state index contributed by atoms with van der Waals surface area (Å²) in [7, 11) is 0. The molecule has 1 aliphatic heterocycles. The number of ether oxygens (including phenoxy) is 2. The lowest BCUT2D eigenvalue weighted by molar-refractivity contribution is -0.120. The molecule has 0 aliphatic carbocycles. The molecule has 33 heavy (non-hydrogen) atoms. The van der Waals surface area contributed by atoms with Gasteiger partial charge in [-0.1, -0.05) is 41.9 Å². The average Bonchev–Trinajstić information content (AvgIpc) is 3.06. The number of anilines is 2. The molecule has 0 saturated carbocycles. The second-order valence-corrected chi connectivity index (χ2v) is 7.63. The van der Waals surface area contributed by atoms with Crippen LogP contribution in [0.1, 0.15) is 19.4 Å². The van der Waals surface area contributed by atoms with Crippen LogP contribution in [0, 0.1) is 0 Å². The Bertz CT molecular complexity index is 1210. The lowest BCUT2D eigenvalue weighted by atomic mass is 10.0. The summed E-state index contributed by atoms with van der Waals surface area (Å²) in [6, 6.07) is 21.0. The number of halogens is 1. The summed E-state index contributed by atoms with van der Waals surface area (Å²) in [6.07, 6.45) is 0. The molecule has 0 aromatic heterocycles. The fraction of sp³-hybridized carbons (Fsp3) is 0.154. The second-order valence-electron chi connectivity index (χ2n) is 7.19. The van der Waals surface area contributed by atoms with E-state index in [0.717, 1.165) is 0 Å². The zero-order valence-electron chi connectivity index (χ0n) is 18.3. The molecule has 2 amide bonds. The summed E-state index contributed by atoms with van der Waals surface area (Å²) < 4.78 is 11.3. The van der Waals surface area contributed by atoms with Gasteiger partial charge in [-0.05, 0) is 55.8 Å². The molecule has 168 valence electrons. The van der Waals surface area contributed by atoms with E-state index < -0.39 is 11.8 Å². The van der Waals surface area contributed by atoms with Gasteiger partial charge in [-0.15, -0.1) is 0 Å². The SMILES string of the molecule is CCOc1ccc(NC2=C(c3ccc(Cl)cc3)C(=O)N(c3ccccc3)C2=O)cc1OCC. The number of nitrogens with zero attached hydrogens (tertiary/aromatic N) is 1. The maximum Gasteiger partial charge on any atom is 0.282 e. The van der Waals surface area contributed by atoms with Gasteiger partial charge in [-0.3, -0.25) is 9.59 Å². The Morgan fingerprint density at radius 3 is 2.15 bits per heavy atom. The van der Waals surface area contributed by atoms with Gasteiger partial charge in [0, 0.05) is 16.8 Å². The molecule has 1 heterocycles. The van der Waals surface area contributed by atoms with E-state index in [4.69, 9.17) is 21.1 Å². The molecule has 4 rings (SSSR count). The van der Waals surface area contributed by atoms with Crippen LogP contribution in [0.4, 0.5) is 11.4 Å². The number of carbonyl (C=O) groups excluding carboxylic acids is 2. The van der Waals surface area contributed by atoms with E-state index >= 15 is 0 Å². The third-order valence-electron chi connectivity index (χ3n) is 5.04. The Morgan fingerprint density at radius 2 is 1.48 bits per heavy atom. The lowest BCUT2D eigenvalue weighted by Crippen LogP contribution is -2.32. The Labute approximate surface area is 197 Å². The summed E-state index contributed by atoms with van der Waals surface area (Å²) in [5, 5.41) is 3.69. The number of benzene rings is 3. The monoisotopic (exact) mass is 462 g/mol. The molecule has 0 atom stereocenters. The predicted molar refractivity (Wildman–Crippen MR) is 130 cm³/mol. The van der Waals surface area contributed by atoms with Crippen molar-refractivity contribution < 1.29 is 19.1 Å². The fourth-order valence-corrected chi connectivity index (χ4v) is 3.74. The first-order chi connectivity index (χ1) is 16.0. The van der Waals surface area contributed by atoms with Crippen molar-refractivity contribution in [1.82, 2.24) is 0 Å². The second kappa shape index (κ2) is 9.79. The standard InChI is InChI=1S/C26H23ClN2O4/c1-3-32-21-15-14-19(16-22(21)33-4-2)28-24-23(17-10-12-18(27)13-11-17)25(30)29(26(24)31)20-8-6-5-7-9-20/h5-16,28H,3-4H2,1-2H3. The minimum absolute atomic E-state index is 0.179. The topological polar surface area (TPSA) is 67.9 Å². The van der Waals surface area contributed by atoms with E-state index in [1.54, 1.807) is 66.7 Å². The Hall–Kier alpha value is -3.77. The largest absolute Gasteiger partial charge is 0.490 e. The Morgan fingerprint density at radius 1 is 0.818 bits per heavy atom. The smallest absolute Gasteiger partial charge is 0.282 e. The van der Waals surface area contributed by atoms with Crippen molar-refractivity contribution >= 4 is 40.4 Å². The lowest BCUT2D eigenvalue weighted by Gasteiger charge is -2.16. The molecule has 7 heteroatoms. The highest BCUT2D eigenvalue weighted by atomic mass is 35.5. The van der Waals surface area contributed by atoms with Crippen molar-refractivity contribution in [2.45, 2.75) is 13.8 Å². The highest BCUT2D eigenvalue weighted by Gasteiger charge is 2.40. The molecule has 0 unspecified atom stereocenters. The van der Waals surface area contributed by atoms with E-state index in [1.807, 2.05) is 19.9 Å². The van der Waals surface area contributed by atoms with Crippen molar-refractivity contribution in [3.05, 3.63) is 89.1 Å². The first-order valence-electron chi connectivity index (χ1n) is 10.6. The minimum atomic E-state index is -0.442. The first kappa shape index (κ1) is 22.4. The number of hydrogen-bond donors (Lipinski definition) is 1. The molecule has 6 nitrogen and oxygen atoms in total. The third-order valence-corrected chi connectivity index (χ3v) is 5.30. The normalized spacial score (nSPS) is 13.5. The number of para-hydroxylation sites is 1. The molecule has 0 fully saturated rings. The molecule has 3 aromatic rings. The minimum Gasteiger partial charge on any atom is -0.490 e. The Kier molecular flexibility index (Phi) is 6.66. The molecule has 1 aliphatic rings. The van der Waals surface area contributed by atoms with E-state index in [9.17, 15) is 9.59 Å². The summed E-state index contributed by atoms with van der Waals surface area (Å²) >= 11 is 6.04.